The van der Waals surface area contributed by atoms with Crippen LogP contribution >= 0.6 is 0 Å². The molecule has 17 heavy (non-hydrogen) atoms. The van der Waals surface area contributed by atoms with Crippen molar-refractivity contribution in [1.29, 1.82) is 0 Å². The van der Waals surface area contributed by atoms with Gasteiger partial charge in [-0.2, -0.15) is 0 Å². The summed E-state index contributed by atoms with van der Waals surface area (Å²) in [6, 6.07) is 2.05. The lowest BCUT2D eigenvalue weighted by Gasteiger charge is -2.10. The van der Waals surface area contributed by atoms with Crippen LogP contribution in [0.2, 0.25) is 0 Å². The van der Waals surface area contributed by atoms with Crippen molar-refractivity contribution in [3.63, 3.8) is 0 Å². The van der Waals surface area contributed by atoms with Crippen LogP contribution in [0.15, 0.2) is 17.0 Å². The molecule has 0 unspecified atom stereocenters. The molecule has 0 amide bonds. The van der Waals surface area contributed by atoms with Crippen LogP contribution in [0.1, 0.15) is 12.8 Å². The number of nitrogen functional groups attached to an aromatic ring is 1. The van der Waals surface area contributed by atoms with Crippen molar-refractivity contribution in [2.45, 2.75) is 23.8 Å². The average molecular weight is 260 g/mol. The fourth-order valence-corrected chi connectivity index (χ4v) is 2.80. The molecule has 0 atom stereocenters. The molecular weight excluding hydrogens is 247 g/mol. The van der Waals surface area contributed by atoms with E-state index in [2.05, 4.69) is 4.72 Å². The van der Waals surface area contributed by atoms with E-state index in [-0.39, 0.29) is 22.4 Å². The molecule has 0 heterocycles. The second-order valence-corrected chi connectivity index (χ2v) is 5.64. The lowest BCUT2D eigenvalue weighted by atomic mass is 10.3. The molecule has 1 fully saturated rings. The van der Waals surface area contributed by atoms with Crippen molar-refractivity contribution < 1.29 is 17.5 Å². The Morgan fingerprint density at radius 3 is 2.59 bits per heavy atom. The van der Waals surface area contributed by atoms with Crippen molar-refractivity contribution in [2.24, 2.45) is 0 Å². The van der Waals surface area contributed by atoms with Crippen molar-refractivity contribution in [3.05, 3.63) is 17.9 Å². The lowest BCUT2D eigenvalue weighted by Crippen LogP contribution is -2.26. The fourth-order valence-electron chi connectivity index (χ4n) is 1.45. The standard InChI is InChI=1S/C10H13FN2O3S/c1-16-10-8(11)4-7(5-9(10)12)17(14,15)13-6-2-3-6/h4-6,13H,2-3,12H2,1H3. The summed E-state index contributed by atoms with van der Waals surface area (Å²) in [4.78, 5) is -0.180. The van der Waals surface area contributed by atoms with Crippen LogP contribution in [0, 0.1) is 5.82 Å². The highest BCUT2D eigenvalue weighted by Crippen LogP contribution is 2.29. The minimum atomic E-state index is -3.69. The molecule has 1 aromatic rings. The molecule has 94 valence electrons. The maximum atomic E-state index is 13.5. The van der Waals surface area contributed by atoms with E-state index >= 15 is 0 Å². The number of benzene rings is 1. The van der Waals surface area contributed by atoms with E-state index in [0.29, 0.717) is 0 Å². The Morgan fingerprint density at radius 2 is 2.12 bits per heavy atom. The number of halogens is 1. The third-order valence-corrected chi connectivity index (χ3v) is 3.96. The molecule has 0 aromatic heterocycles. The number of sulfonamides is 1. The first-order valence-corrected chi connectivity index (χ1v) is 6.57. The first kappa shape index (κ1) is 12.1. The number of rotatable bonds is 4. The van der Waals surface area contributed by atoms with Gasteiger partial charge in [0.15, 0.2) is 11.6 Å². The summed E-state index contributed by atoms with van der Waals surface area (Å²) in [5, 5.41) is 0. The first-order valence-electron chi connectivity index (χ1n) is 5.09. The normalized spacial score (nSPS) is 15.9. The van der Waals surface area contributed by atoms with Crippen LogP contribution in [0.3, 0.4) is 0 Å². The predicted molar refractivity (Wildman–Crippen MR) is 60.7 cm³/mol. The number of ether oxygens (including phenoxy) is 1. The summed E-state index contributed by atoms with van der Waals surface area (Å²) in [6.07, 6.45) is 1.63. The minimum absolute atomic E-state index is 0.0358. The Labute approximate surface area is 98.8 Å². The first-order chi connectivity index (χ1) is 7.94. The van der Waals surface area contributed by atoms with Gasteiger partial charge in [0.2, 0.25) is 10.0 Å². The second kappa shape index (κ2) is 4.15. The molecule has 1 aromatic carbocycles. The van der Waals surface area contributed by atoms with E-state index in [1.54, 1.807) is 0 Å². The van der Waals surface area contributed by atoms with Gasteiger partial charge in [0.1, 0.15) is 0 Å². The molecule has 3 N–H and O–H groups in total. The Kier molecular flexibility index (Phi) is 2.96. The topological polar surface area (TPSA) is 81.4 Å². The van der Waals surface area contributed by atoms with Gasteiger partial charge in [0.05, 0.1) is 17.7 Å². The van der Waals surface area contributed by atoms with E-state index in [9.17, 15) is 12.8 Å². The molecule has 2 rings (SSSR count). The van der Waals surface area contributed by atoms with E-state index in [4.69, 9.17) is 10.5 Å². The molecule has 0 spiro atoms. The van der Waals surface area contributed by atoms with Crippen LogP contribution in [-0.2, 0) is 10.0 Å². The van der Waals surface area contributed by atoms with Gasteiger partial charge in [-0.1, -0.05) is 0 Å². The molecule has 0 saturated heterocycles. The zero-order chi connectivity index (χ0) is 12.6. The number of nitrogens with two attached hydrogens (primary N) is 1. The number of hydrogen-bond acceptors (Lipinski definition) is 4. The zero-order valence-corrected chi connectivity index (χ0v) is 10.1. The minimum Gasteiger partial charge on any atom is -0.492 e. The van der Waals surface area contributed by atoms with Crippen molar-refractivity contribution in [2.75, 3.05) is 12.8 Å². The maximum Gasteiger partial charge on any atom is 0.241 e. The van der Waals surface area contributed by atoms with Gasteiger partial charge in [-0.3, -0.25) is 0 Å². The van der Waals surface area contributed by atoms with Crippen LogP contribution in [0.4, 0.5) is 10.1 Å². The van der Waals surface area contributed by atoms with Crippen LogP contribution in [0.5, 0.6) is 5.75 Å². The van der Waals surface area contributed by atoms with Gasteiger partial charge in [0, 0.05) is 6.04 Å². The summed E-state index contributed by atoms with van der Waals surface area (Å²) in [5.74, 6) is -0.931. The highest BCUT2D eigenvalue weighted by Gasteiger charge is 2.29. The van der Waals surface area contributed by atoms with E-state index in [1.165, 1.54) is 13.2 Å². The SMILES string of the molecule is COc1c(N)cc(S(=O)(=O)NC2CC2)cc1F. The van der Waals surface area contributed by atoms with E-state index < -0.39 is 15.8 Å². The Hall–Kier alpha value is -1.34. The highest BCUT2D eigenvalue weighted by atomic mass is 32.2. The van der Waals surface area contributed by atoms with Crippen molar-refractivity contribution in [1.82, 2.24) is 4.72 Å². The molecule has 5 nitrogen and oxygen atoms in total. The fraction of sp³-hybridized carbons (Fsp3) is 0.400. The van der Waals surface area contributed by atoms with Crippen molar-refractivity contribution in [3.8, 4) is 5.75 Å². The molecule has 1 aliphatic rings. The van der Waals surface area contributed by atoms with Crippen LogP contribution < -0.4 is 15.2 Å². The largest absolute Gasteiger partial charge is 0.492 e. The summed E-state index contributed by atoms with van der Waals surface area (Å²) in [6.45, 7) is 0. The number of hydrogen-bond donors (Lipinski definition) is 2. The smallest absolute Gasteiger partial charge is 0.241 e. The average Bonchev–Trinajstić information content (AvgIpc) is 3.00. The highest BCUT2D eigenvalue weighted by molar-refractivity contribution is 7.89. The third kappa shape index (κ3) is 2.50. The van der Waals surface area contributed by atoms with Gasteiger partial charge in [-0.25, -0.2) is 17.5 Å². The quantitative estimate of drug-likeness (QED) is 0.787. The molecule has 0 radical (unpaired) electrons. The predicted octanol–water partition coefficient (Wildman–Crippen LogP) is 0.857. The Morgan fingerprint density at radius 1 is 1.47 bits per heavy atom. The van der Waals surface area contributed by atoms with Gasteiger partial charge in [-0.05, 0) is 25.0 Å². The number of methoxy groups -OCH3 is 1. The van der Waals surface area contributed by atoms with Gasteiger partial charge < -0.3 is 10.5 Å². The number of nitrogens with one attached hydrogen (secondary N) is 1. The maximum absolute atomic E-state index is 13.5. The van der Waals surface area contributed by atoms with Gasteiger partial charge in [-0.15, -0.1) is 0 Å². The summed E-state index contributed by atoms with van der Waals surface area (Å²) in [7, 11) is -2.42. The van der Waals surface area contributed by atoms with E-state index in [0.717, 1.165) is 18.9 Å². The van der Waals surface area contributed by atoms with E-state index in [1.807, 2.05) is 0 Å². The van der Waals surface area contributed by atoms with Gasteiger partial charge in [0.25, 0.3) is 0 Å². The molecule has 1 aliphatic carbocycles. The second-order valence-electron chi connectivity index (χ2n) is 3.92. The van der Waals surface area contributed by atoms with Crippen LogP contribution in [0.25, 0.3) is 0 Å². The third-order valence-electron chi connectivity index (χ3n) is 2.46. The summed E-state index contributed by atoms with van der Waals surface area (Å²) < 4.78 is 44.3. The lowest BCUT2D eigenvalue weighted by molar-refractivity contribution is 0.388. The summed E-state index contributed by atoms with van der Waals surface area (Å²) in [5.41, 5.74) is 5.48. The Balaban J connectivity index is 2.38. The van der Waals surface area contributed by atoms with Crippen LogP contribution in [-0.4, -0.2) is 21.6 Å². The Bertz CT molecular complexity index is 517. The monoisotopic (exact) mass is 260 g/mol. The molecule has 1 saturated carbocycles. The molecular formula is C10H13FN2O3S. The number of anilines is 1. The summed E-state index contributed by atoms with van der Waals surface area (Å²) >= 11 is 0. The van der Waals surface area contributed by atoms with Crippen molar-refractivity contribution >= 4 is 15.7 Å². The van der Waals surface area contributed by atoms with Gasteiger partial charge >= 0.3 is 0 Å². The zero-order valence-electron chi connectivity index (χ0n) is 9.23. The molecule has 0 bridgehead atoms. The molecule has 7 heteroatoms. The molecule has 0 aliphatic heterocycles.